The van der Waals surface area contributed by atoms with Crippen LogP contribution in [-0.4, -0.2) is 54.1 Å². The minimum absolute atomic E-state index is 0.0425. The first kappa shape index (κ1) is 17.2. The Morgan fingerprint density at radius 2 is 1.83 bits per heavy atom. The fraction of sp³-hybridized carbons (Fsp3) is 0.684. The van der Waals surface area contributed by atoms with Crippen molar-refractivity contribution in [3.05, 3.63) is 24.4 Å². The Bertz CT molecular complexity index is 505. The summed E-state index contributed by atoms with van der Waals surface area (Å²) in [7, 11) is 0. The monoisotopic (exact) mass is 330 g/mol. The van der Waals surface area contributed by atoms with E-state index >= 15 is 0 Å². The molecule has 5 nitrogen and oxygen atoms in total. The SMILES string of the molecule is CC(C(=O)NC1CCCCCC1)N1CCN(c2ccccn2)CC1. The van der Waals surface area contributed by atoms with Crippen molar-refractivity contribution in [3.8, 4) is 0 Å². The van der Waals surface area contributed by atoms with Crippen LogP contribution in [0.2, 0.25) is 0 Å². The van der Waals surface area contributed by atoms with Crippen molar-refractivity contribution in [2.75, 3.05) is 31.1 Å². The largest absolute Gasteiger partial charge is 0.354 e. The van der Waals surface area contributed by atoms with Gasteiger partial charge in [-0.15, -0.1) is 0 Å². The Morgan fingerprint density at radius 1 is 1.12 bits per heavy atom. The Morgan fingerprint density at radius 3 is 2.46 bits per heavy atom. The highest BCUT2D eigenvalue weighted by atomic mass is 16.2. The van der Waals surface area contributed by atoms with E-state index in [1.165, 1.54) is 25.7 Å². The quantitative estimate of drug-likeness (QED) is 0.862. The summed E-state index contributed by atoms with van der Waals surface area (Å²) in [5.41, 5.74) is 0. The average molecular weight is 330 g/mol. The van der Waals surface area contributed by atoms with Crippen LogP contribution >= 0.6 is 0 Å². The van der Waals surface area contributed by atoms with Crippen LogP contribution in [0.4, 0.5) is 5.82 Å². The molecule has 0 bridgehead atoms. The Labute approximate surface area is 145 Å². The molecule has 0 aromatic carbocycles. The predicted molar refractivity (Wildman–Crippen MR) is 97.1 cm³/mol. The third-order valence-corrected chi connectivity index (χ3v) is 5.42. The second-order valence-corrected chi connectivity index (χ2v) is 7.08. The van der Waals surface area contributed by atoms with Gasteiger partial charge in [0.2, 0.25) is 5.91 Å². The van der Waals surface area contributed by atoms with Crippen LogP contribution in [0.1, 0.15) is 45.4 Å². The Hall–Kier alpha value is -1.62. The molecule has 1 amide bonds. The van der Waals surface area contributed by atoms with Crippen molar-refractivity contribution < 1.29 is 4.79 Å². The number of carbonyl (C=O) groups excluding carboxylic acids is 1. The zero-order valence-electron chi connectivity index (χ0n) is 14.8. The number of pyridine rings is 1. The summed E-state index contributed by atoms with van der Waals surface area (Å²) in [6.45, 7) is 5.73. The lowest BCUT2D eigenvalue weighted by Crippen LogP contribution is -2.55. The molecule has 1 saturated heterocycles. The van der Waals surface area contributed by atoms with Gasteiger partial charge in [0.05, 0.1) is 6.04 Å². The van der Waals surface area contributed by atoms with Crippen LogP contribution in [-0.2, 0) is 4.79 Å². The third kappa shape index (κ3) is 4.47. The van der Waals surface area contributed by atoms with Gasteiger partial charge in [-0.05, 0) is 31.9 Å². The molecule has 1 aromatic rings. The second-order valence-electron chi connectivity index (χ2n) is 7.08. The molecule has 1 N–H and O–H groups in total. The van der Waals surface area contributed by atoms with Gasteiger partial charge in [0, 0.05) is 38.4 Å². The molecule has 0 spiro atoms. The van der Waals surface area contributed by atoms with Gasteiger partial charge in [-0.25, -0.2) is 4.98 Å². The van der Waals surface area contributed by atoms with Gasteiger partial charge >= 0.3 is 0 Å². The number of amides is 1. The van der Waals surface area contributed by atoms with Gasteiger partial charge < -0.3 is 10.2 Å². The summed E-state index contributed by atoms with van der Waals surface area (Å²) in [5, 5.41) is 3.29. The molecule has 24 heavy (non-hydrogen) atoms. The second kappa shape index (κ2) is 8.47. The molecule has 132 valence electrons. The third-order valence-electron chi connectivity index (χ3n) is 5.42. The number of nitrogens with zero attached hydrogens (tertiary/aromatic N) is 3. The van der Waals surface area contributed by atoms with Crippen molar-refractivity contribution >= 4 is 11.7 Å². The van der Waals surface area contributed by atoms with E-state index in [9.17, 15) is 4.79 Å². The van der Waals surface area contributed by atoms with Gasteiger partial charge in [-0.3, -0.25) is 9.69 Å². The lowest BCUT2D eigenvalue weighted by Gasteiger charge is -2.38. The van der Waals surface area contributed by atoms with E-state index in [1.807, 2.05) is 25.3 Å². The molecule has 1 atom stereocenters. The summed E-state index contributed by atoms with van der Waals surface area (Å²) in [5.74, 6) is 1.24. The van der Waals surface area contributed by atoms with Crippen molar-refractivity contribution in [1.82, 2.24) is 15.2 Å². The first-order valence-electron chi connectivity index (χ1n) is 9.44. The molecule has 1 aliphatic carbocycles. The summed E-state index contributed by atoms with van der Waals surface area (Å²) >= 11 is 0. The molecule has 1 unspecified atom stereocenters. The van der Waals surface area contributed by atoms with Gasteiger partial charge in [0.15, 0.2) is 0 Å². The summed E-state index contributed by atoms with van der Waals surface area (Å²) < 4.78 is 0. The van der Waals surface area contributed by atoms with Crippen LogP contribution in [0, 0.1) is 0 Å². The van der Waals surface area contributed by atoms with Crippen molar-refractivity contribution in [3.63, 3.8) is 0 Å². The minimum atomic E-state index is -0.0425. The van der Waals surface area contributed by atoms with E-state index < -0.39 is 0 Å². The van der Waals surface area contributed by atoms with Crippen molar-refractivity contribution in [2.45, 2.75) is 57.5 Å². The van der Waals surface area contributed by atoms with Crippen LogP contribution < -0.4 is 10.2 Å². The van der Waals surface area contributed by atoms with Crippen LogP contribution in [0.5, 0.6) is 0 Å². The van der Waals surface area contributed by atoms with Crippen molar-refractivity contribution in [1.29, 1.82) is 0 Å². The van der Waals surface area contributed by atoms with Gasteiger partial charge in [0.25, 0.3) is 0 Å². The molecule has 2 aliphatic rings. The first-order chi connectivity index (χ1) is 11.7. The molecule has 1 aromatic heterocycles. The number of aromatic nitrogens is 1. The zero-order chi connectivity index (χ0) is 16.8. The first-order valence-corrected chi connectivity index (χ1v) is 9.44. The van der Waals surface area contributed by atoms with E-state index in [2.05, 4.69) is 26.2 Å². The number of rotatable bonds is 4. The topological polar surface area (TPSA) is 48.5 Å². The molecule has 3 rings (SSSR count). The highest BCUT2D eigenvalue weighted by Crippen LogP contribution is 2.18. The molecule has 5 heteroatoms. The number of anilines is 1. The summed E-state index contributed by atoms with van der Waals surface area (Å²) in [6.07, 6.45) is 9.27. The van der Waals surface area contributed by atoms with Gasteiger partial charge in [0.1, 0.15) is 5.82 Å². The molecular formula is C19H30N4O. The minimum Gasteiger partial charge on any atom is -0.354 e. The maximum atomic E-state index is 12.6. The normalized spacial score (nSPS) is 22.0. The lowest BCUT2D eigenvalue weighted by atomic mass is 10.1. The Kier molecular flexibility index (Phi) is 6.07. The molecule has 2 fully saturated rings. The number of hydrogen-bond acceptors (Lipinski definition) is 4. The maximum Gasteiger partial charge on any atom is 0.237 e. The van der Waals surface area contributed by atoms with E-state index in [0.29, 0.717) is 6.04 Å². The fourth-order valence-electron chi connectivity index (χ4n) is 3.79. The highest BCUT2D eigenvalue weighted by molar-refractivity contribution is 5.81. The molecule has 2 heterocycles. The number of piperazine rings is 1. The number of nitrogens with one attached hydrogen (secondary N) is 1. The summed E-state index contributed by atoms with van der Waals surface area (Å²) in [4.78, 5) is 21.6. The molecule has 0 radical (unpaired) electrons. The molecular weight excluding hydrogens is 300 g/mol. The number of carbonyl (C=O) groups is 1. The van der Waals surface area contributed by atoms with Crippen molar-refractivity contribution in [2.24, 2.45) is 0 Å². The Balaban J connectivity index is 1.47. The van der Waals surface area contributed by atoms with E-state index in [-0.39, 0.29) is 11.9 Å². The van der Waals surface area contributed by atoms with Gasteiger partial charge in [-0.2, -0.15) is 0 Å². The summed E-state index contributed by atoms with van der Waals surface area (Å²) in [6, 6.07) is 6.37. The predicted octanol–water partition coefficient (Wildman–Crippen LogP) is 2.43. The molecule has 1 aliphatic heterocycles. The lowest BCUT2D eigenvalue weighted by molar-refractivity contribution is -0.126. The van der Waals surface area contributed by atoms with E-state index in [4.69, 9.17) is 0 Å². The maximum absolute atomic E-state index is 12.6. The van der Waals surface area contributed by atoms with Gasteiger partial charge in [-0.1, -0.05) is 31.7 Å². The van der Waals surface area contributed by atoms with E-state index in [0.717, 1.165) is 44.8 Å². The highest BCUT2D eigenvalue weighted by Gasteiger charge is 2.27. The van der Waals surface area contributed by atoms with E-state index in [1.54, 1.807) is 0 Å². The average Bonchev–Trinajstić information content (AvgIpc) is 2.90. The fourth-order valence-corrected chi connectivity index (χ4v) is 3.79. The van der Waals surface area contributed by atoms with Crippen LogP contribution in [0.25, 0.3) is 0 Å². The zero-order valence-corrected chi connectivity index (χ0v) is 14.8. The number of hydrogen-bond donors (Lipinski definition) is 1. The molecule has 1 saturated carbocycles. The smallest absolute Gasteiger partial charge is 0.237 e. The standard InChI is InChI=1S/C19H30N4O/c1-16(19(24)21-17-8-4-2-3-5-9-17)22-12-14-23(15-13-22)18-10-6-7-11-20-18/h6-7,10-11,16-17H,2-5,8-9,12-15H2,1H3,(H,21,24). The van der Waals surface area contributed by atoms with Crippen LogP contribution in [0.3, 0.4) is 0 Å². The van der Waals surface area contributed by atoms with Crippen LogP contribution in [0.15, 0.2) is 24.4 Å².